The summed E-state index contributed by atoms with van der Waals surface area (Å²) in [6, 6.07) is 0. The third-order valence-electron chi connectivity index (χ3n) is 0.448. The highest BCUT2D eigenvalue weighted by Crippen LogP contribution is 1.72. The minimum Gasteiger partial charge on any atom is -0.467 e. The highest BCUT2D eigenvalue weighted by molar-refractivity contribution is 5.70. The van der Waals surface area contributed by atoms with Crippen LogP contribution in [0.2, 0.25) is 0 Å². The van der Waals surface area contributed by atoms with Crippen LogP contribution in [0, 0.1) is 7.11 Å². The molecule has 0 amide bonds. The van der Waals surface area contributed by atoms with Crippen LogP contribution in [0.3, 0.4) is 0 Å². The lowest BCUT2D eigenvalue weighted by molar-refractivity contribution is -0.144. The van der Waals surface area contributed by atoms with Gasteiger partial charge in [0.05, 0.1) is 14.2 Å². The quantitative estimate of drug-likeness (QED) is 0.460. The zero-order chi connectivity index (χ0) is 5.70. The van der Waals surface area contributed by atoms with Crippen molar-refractivity contribution in [2.75, 3.05) is 13.7 Å². The van der Waals surface area contributed by atoms with Gasteiger partial charge in [0.1, 0.15) is 6.61 Å². The molecular formula is C4H7O3. The molecule has 0 aliphatic carbocycles. The molecule has 0 N–H and O–H groups in total. The number of carbonyl (C=O) groups is 1. The third kappa shape index (κ3) is 3.26. The number of carbonyl (C=O) groups excluding carboxylic acids is 1. The van der Waals surface area contributed by atoms with E-state index < -0.39 is 5.97 Å². The fourth-order valence-electron chi connectivity index (χ4n) is 0.142. The Hall–Kier alpha value is -0.570. The van der Waals surface area contributed by atoms with Crippen LogP contribution in [0.1, 0.15) is 0 Å². The zero-order valence-electron chi connectivity index (χ0n) is 4.14. The Morgan fingerprint density at radius 2 is 2.43 bits per heavy atom. The summed E-state index contributed by atoms with van der Waals surface area (Å²) in [5, 5.41) is 0. The smallest absolute Gasteiger partial charge is 0.331 e. The van der Waals surface area contributed by atoms with E-state index in [2.05, 4.69) is 16.6 Å². The lowest BCUT2D eigenvalue weighted by Crippen LogP contribution is -2.06. The molecule has 0 heterocycles. The van der Waals surface area contributed by atoms with Gasteiger partial charge < -0.3 is 9.47 Å². The molecule has 7 heavy (non-hydrogen) atoms. The van der Waals surface area contributed by atoms with E-state index in [4.69, 9.17) is 0 Å². The molecule has 0 atom stereocenters. The van der Waals surface area contributed by atoms with Gasteiger partial charge in [-0.2, -0.15) is 0 Å². The van der Waals surface area contributed by atoms with Gasteiger partial charge in [-0.05, 0) is 0 Å². The summed E-state index contributed by atoms with van der Waals surface area (Å²) in [5.41, 5.74) is 0. The maximum atomic E-state index is 10.0. The molecule has 0 fully saturated rings. The third-order valence-corrected chi connectivity index (χ3v) is 0.448. The molecule has 1 radical (unpaired) electrons. The predicted octanol–water partition coefficient (Wildman–Crippen LogP) is -0.0324. The molecule has 3 heteroatoms. The molecule has 0 saturated carbocycles. The van der Waals surface area contributed by atoms with E-state index in [1.807, 2.05) is 0 Å². The van der Waals surface area contributed by atoms with Gasteiger partial charge in [0.25, 0.3) is 0 Å². The average molecular weight is 103 g/mol. The van der Waals surface area contributed by atoms with Crippen molar-refractivity contribution < 1.29 is 14.3 Å². The Balaban J connectivity index is 3.00. The van der Waals surface area contributed by atoms with Crippen molar-refractivity contribution in [2.45, 2.75) is 0 Å². The van der Waals surface area contributed by atoms with Crippen molar-refractivity contribution in [3.63, 3.8) is 0 Å². The Labute approximate surface area is 42.2 Å². The second-order valence-corrected chi connectivity index (χ2v) is 0.925. The first-order chi connectivity index (χ1) is 3.31. The number of rotatable bonds is 2. The maximum absolute atomic E-state index is 10.0. The summed E-state index contributed by atoms with van der Waals surface area (Å²) in [6.45, 7) is -0.0729. The molecule has 0 unspecified atom stereocenters. The van der Waals surface area contributed by atoms with E-state index in [-0.39, 0.29) is 6.61 Å². The monoisotopic (exact) mass is 103 g/mol. The van der Waals surface area contributed by atoms with E-state index in [0.717, 1.165) is 0 Å². The topological polar surface area (TPSA) is 35.5 Å². The number of esters is 1. The number of methoxy groups -OCH3 is 1. The first kappa shape index (κ1) is 6.43. The fourth-order valence-corrected chi connectivity index (χ4v) is 0.142. The first-order valence-corrected chi connectivity index (χ1v) is 1.75. The van der Waals surface area contributed by atoms with E-state index in [1.165, 1.54) is 7.11 Å². The van der Waals surface area contributed by atoms with Crippen molar-refractivity contribution in [3.8, 4) is 0 Å². The molecule has 0 spiro atoms. The number of ether oxygens (including phenoxy) is 2. The number of hydrogen-bond acceptors (Lipinski definition) is 3. The summed E-state index contributed by atoms with van der Waals surface area (Å²) in [6.07, 6.45) is 0. The summed E-state index contributed by atoms with van der Waals surface area (Å²) in [5.74, 6) is -0.407. The predicted molar refractivity (Wildman–Crippen MR) is 23.3 cm³/mol. The zero-order valence-corrected chi connectivity index (χ0v) is 4.14. The summed E-state index contributed by atoms with van der Waals surface area (Å²) >= 11 is 0. The molecule has 0 saturated heterocycles. The van der Waals surface area contributed by atoms with Crippen molar-refractivity contribution in [3.05, 3.63) is 7.11 Å². The molecule has 3 nitrogen and oxygen atoms in total. The molecule has 0 aromatic rings. The van der Waals surface area contributed by atoms with Gasteiger partial charge in [-0.25, -0.2) is 4.79 Å². The summed E-state index contributed by atoms with van der Waals surface area (Å²) in [4.78, 5) is 10.0. The van der Waals surface area contributed by atoms with Gasteiger partial charge >= 0.3 is 5.97 Å². The van der Waals surface area contributed by atoms with Crippen LogP contribution in [-0.4, -0.2) is 19.7 Å². The standard InChI is InChI=1S/C4H7O3/c1-6-3-4(5)7-2/h1,3H2,2H3. The van der Waals surface area contributed by atoms with Gasteiger partial charge in [0.15, 0.2) is 0 Å². The lowest BCUT2D eigenvalue weighted by Gasteiger charge is -1.92. The van der Waals surface area contributed by atoms with Crippen molar-refractivity contribution in [1.82, 2.24) is 0 Å². The van der Waals surface area contributed by atoms with Gasteiger partial charge in [0.2, 0.25) is 0 Å². The van der Waals surface area contributed by atoms with Crippen molar-refractivity contribution >= 4 is 5.97 Å². The van der Waals surface area contributed by atoms with Gasteiger partial charge in [-0.15, -0.1) is 0 Å². The van der Waals surface area contributed by atoms with Crippen LogP contribution in [-0.2, 0) is 14.3 Å². The minimum absolute atomic E-state index is 0.0729. The van der Waals surface area contributed by atoms with Crippen LogP contribution >= 0.6 is 0 Å². The van der Waals surface area contributed by atoms with Crippen LogP contribution < -0.4 is 0 Å². The molecule has 41 valence electrons. The van der Waals surface area contributed by atoms with Crippen molar-refractivity contribution in [2.24, 2.45) is 0 Å². The summed E-state index contributed by atoms with van der Waals surface area (Å²) < 4.78 is 8.36. The Kier molecular flexibility index (Phi) is 3.32. The lowest BCUT2D eigenvalue weighted by atomic mass is 10.7. The van der Waals surface area contributed by atoms with Gasteiger partial charge in [-0.1, -0.05) is 0 Å². The molecule has 0 aliphatic rings. The first-order valence-electron chi connectivity index (χ1n) is 1.75. The van der Waals surface area contributed by atoms with Gasteiger partial charge in [-0.3, -0.25) is 0 Å². The normalized spacial score (nSPS) is 8.29. The molecule has 0 aliphatic heterocycles. The SMILES string of the molecule is [CH2]OCC(=O)OC. The van der Waals surface area contributed by atoms with Crippen LogP contribution in [0.15, 0.2) is 0 Å². The van der Waals surface area contributed by atoms with Crippen LogP contribution in [0.25, 0.3) is 0 Å². The Morgan fingerprint density at radius 1 is 1.86 bits per heavy atom. The Morgan fingerprint density at radius 3 is 2.57 bits per heavy atom. The molecular weight excluding hydrogens is 96.0 g/mol. The van der Waals surface area contributed by atoms with Crippen LogP contribution in [0.4, 0.5) is 0 Å². The van der Waals surface area contributed by atoms with E-state index in [0.29, 0.717) is 0 Å². The van der Waals surface area contributed by atoms with E-state index in [9.17, 15) is 4.79 Å². The van der Waals surface area contributed by atoms with Crippen molar-refractivity contribution in [1.29, 1.82) is 0 Å². The highest BCUT2D eigenvalue weighted by atomic mass is 16.6. The molecule has 0 bridgehead atoms. The largest absolute Gasteiger partial charge is 0.467 e. The maximum Gasteiger partial charge on any atom is 0.331 e. The highest BCUT2D eigenvalue weighted by Gasteiger charge is 1.93. The average Bonchev–Trinajstić information content (AvgIpc) is 1.68. The molecule has 0 rings (SSSR count). The molecule has 0 aromatic carbocycles. The van der Waals surface area contributed by atoms with E-state index >= 15 is 0 Å². The molecule has 0 aromatic heterocycles. The fraction of sp³-hybridized carbons (Fsp3) is 0.500. The second-order valence-electron chi connectivity index (χ2n) is 0.925. The van der Waals surface area contributed by atoms with E-state index in [1.54, 1.807) is 0 Å². The van der Waals surface area contributed by atoms with Gasteiger partial charge in [0, 0.05) is 0 Å². The number of hydrogen-bond donors (Lipinski definition) is 0. The minimum atomic E-state index is -0.407. The Bertz CT molecular complexity index is 60.0. The summed E-state index contributed by atoms with van der Waals surface area (Å²) in [7, 11) is 4.27. The van der Waals surface area contributed by atoms with Crippen LogP contribution in [0.5, 0.6) is 0 Å². The second kappa shape index (κ2) is 3.61.